The molecule has 3 aromatic carbocycles. The summed E-state index contributed by atoms with van der Waals surface area (Å²) in [5.74, 6) is 0. The molecular weight excluding hydrogens is 743 g/mol. The molecule has 0 spiro atoms. The first kappa shape index (κ1) is 32.9. The fourth-order valence-electron chi connectivity index (χ4n) is 5.72. The van der Waals surface area contributed by atoms with E-state index >= 15 is 0 Å². The fraction of sp³-hybridized carbons (Fsp3) is 0.195. The minimum absolute atomic E-state index is 0. The molecule has 5 heteroatoms. The number of aromatic nitrogens is 3. The molecule has 0 atom stereocenters. The van der Waals surface area contributed by atoms with Gasteiger partial charge in [0, 0.05) is 43.4 Å². The summed E-state index contributed by atoms with van der Waals surface area (Å²) >= 11 is 0. The molecule has 0 saturated heterocycles. The molecule has 0 bridgehead atoms. The summed E-state index contributed by atoms with van der Waals surface area (Å²) in [4.78, 5) is 13.9. The topological polar surface area (TPSA) is 51.8 Å². The summed E-state index contributed by atoms with van der Waals surface area (Å²) in [7, 11) is 0. The Morgan fingerprint density at radius 1 is 0.696 bits per heavy atom. The van der Waals surface area contributed by atoms with Crippen molar-refractivity contribution in [1.29, 1.82) is 0 Å². The number of hydrogen-bond acceptors (Lipinski definition) is 4. The molecule has 7 rings (SSSR count). The first-order valence-electron chi connectivity index (χ1n) is 15.3. The van der Waals surface area contributed by atoms with E-state index in [1.807, 2.05) is 60.8 Å². The van der Waals surface area contributed by atoms with Gasteiger partial charge >= 0.3 is 0 Å². The quantitative estimate of drug-likeness (QED) is 0.167. The van der Waals surface area contributed by atoms with Gasteiger partial charge in [-0.1, -0.05) is 73.7 Å². The Labute approximate surface area is 285 Å². The molecule has 0 fully saturated rings. The van der Waals surface area contributed by atoms with E-state index in [0.717, 1.165) is 51.0 Å². The van der Waals surface area contributed by atoms with E-state index in [0.29, 0.717) is 5.71 Å². The summed E-state index contributed by atoms with van der Waals surface area (Å²) in [6.07, 6.45) is 4.79. The molecular formula is C41H37IrN3O-2. The van der Waals surface area contributed by atoms with Crippen LogP contribution in [0.15, 0.2) is 108 Å². The molecule has 0 amide bonds. The molecule has 0 aliphatic rings. The Morgan fingerprint density at radius 2 is 1.48 bits per heavy atom. The first-order valence-corrected chi connectivity index (χ1v) is 15.3. The number of furan rings is 1. The van der Waals surface area contributed by atoms with Crippen LogP contribution in [0.3, 0.4) is 0 Å². The molecule has 4 nitrogen and oxygen atoms in total. The fourth-order valence-corrected chi connectivity index (χ4v) is 5.72. The molecule has 0 aliphatic heterocycles. The third-order valence-corrected chi connectivity index (χ3v) is 7.88. The van der Waals surface area contributed by atoms with Crippen molar-refractivity contribution in [2.24, 2.45) is 5.41 Å². The maximum absolute atomic E-state index is 6.35. The van der Waals surface area contributed by atoms with Crippen LogP contribution in [0.5, 0.6) is 0 Å². The molecule has 4 aromatic heterocycles. The van der Waals surface area contributed by atoms with Gasteiger partial charge in [0.2, 0.25) is 5.71 Å². The molecule has 4 heterocycles. The van der Waals surface area contributed by atoms with Crippen LogP contribution < -0.4 is 0 Å². The van der Waals surface area contributed by atoms with Crippen LogP contribution >= 0.6 is 0 Å². The van der Waals surface area contributed by atoms with E-state index in [1.54, 1.807) is 6.20 Å². The van der Waals surface area contributed by atoms with Crippen LogP contribution in [-0.4, -0.2) is 15.0 Å². The van der Waals surface area contributed by atoms with Crippen molar-refractivity contribution in [3.05, 3.63) is 138 Å². The van der Waals surface area contributed by atoms with Crippen molar-refractivity contribution in [3.8, 4) is 33.8 Å². The van der Waals surface area contributed by atoms with Crippen molar-refractivity contribution < 1.29 is 24.5 Å². The van der Waals surface area contributed by atoms with Crippen molar-refractivity contribution in [3.63, 3.8) is 0 Å². The van der Waals surface area contributed by atoms with E-state index in [1.165, 1.54) is 27.8 Å². The van der Waals surface area contributed by atoms with Gasteiger partial charge in [0.05, 0.1) is 11.3 Å². The average Bonchev–Trinajstić information content (AvgIpc) is 3.41. The van der Waals surface area contributed by atoms with Crippen LogP contribution in [0.1, 0.15) is 43.0 Å². The van der Waals surface area contributed by atoms with Crippen LogP contribution in [0.25, 0.3) is 55.8 Å². The zero-order valence-electron chi connectivity index (χ0n) is 27.1. The predicted octanol–water partition coefficient (Wildman–Crippen LogP) is 10.6. The molecule has 46 heavy (non-hydrogen) atoms. The Balaban J connectivity index is 0.000000269. The summed E-state index contributed by atoms with van der Waals surface area (Å²) in [5, 5.41) is 2.05. The number of rotatable bonds is 4. The van der Waals surface area contributed by atoms with Crippen molar-refractivity contribution in [1.82, 2.24) is 15.0 Å². The number of nitrogens with zero attached hydrogens (tertiary/aromatic N) is 3. The Morgan fingerprint density at radius 3 is 2.15 bits per heavy atom. The van der Waals surface area contributed by atoms with Crippen molar-refractivity contribution in [2.45, 2.75) is 48.0 Å². The number of fused-ring (bicyclic) bond motifs is 3. The maximum atomic E-state index is 6.35. The monoisotopic (exact) mass is 780 g/mol. The summed E-state index contributed by atoms with van der Waals surface area (Å²) in [5.41, 5.74) is 12.5. The van der Waals surface area contributed by atoms with Gasteiger partial charge in [-0.3, -0.25) is 0 Å². The second-order valence-electron chi connectivity index (χ2n) is 12.7. The number of aryl methyl sites for hydroxylation is 3. The van der Waals surface area contributed by atoms with Crippen molar-refractivity contribution >= 4 is 22.1 Å². The van der Waals surface area contributed by atoms with Gasteiger partial charge in [-0.2, -0.15) is 0 Å². The molecule has 1 radical (unpaired) electrons. The molecule has 0 aliphatic carbocycles. The average molecular weight is 780 g/mol. The van der Waals surface area contributed by atoms with Gasteiger partial charge in [-0.25, -0.2) is 4.98 Å². The second-order valence-corrected chi connectivity index (χ2v) is 12.7. The Kier molecular flexibility index (Phi) is 9.96. The van der Waals surface area contributed by atoms with Crippen LogP contribution in [0, 0.1) is 38.3 Å². The summed E-state index contributed by atoms with van der Waals surface area (Å²) in [6.45, 7) is 13.2. The van der Waals surface area contributed by atoms with Crippen LogP contribution in [-0.2, 0) is 26.5 Å². The first-order chi connectivity index (χ1) is 21.7. The standard InChI is InChI=1S/C30H29N2O.C11H8N.Ir/c1-18-9-7-10-19(2)27(18)25-14-13-23-22-11-8-12-24(28(22)33-29(23)32-25)26-15-20(3)21(17-31-26)16-30(4,5)6;1-2-6-10(7-3-1)11-8-4-5-9-12-11;/h7-11,13-15,17H,16H2,1-6H3;1-6,8-9H;/q2*-1;. The van der Waals surface area contributed by atoms with Crippen molar-refractivity contribution in [2.75, 3.05) is 0 Å². The number of benzene rings is 3. The zero-order chi connectivity index (χ0) is 31.6. The second kappa shape index (κ2) is 13.9. The van der Waals surface area contributed by atoms with Gasteiger partial charge in [-0.05, 0) is 78.9 Å². The van der Waals surface area contributed by atoms with E-state index in [4.69, 9.17) is 14.4 Å². The SMILES string of the molecule is Cc1cc(-c2[c-]ccc3c2oc2nc(-c4c(C)cccc4C)ccc23)ncc1CC(C)(C)C.[Ir].[c-]1ccccc1-c1ccccn1. The van der Waals surface area contributed by atoms with E-state index < -0.39 is 0 Å². The molecule has 233 valence electrons. The third-order valence-electron chi connectivity index (χ3n) is 7.88. The van der Waals surface area contributed by atoms with Gasteiger partial charge in [0.1, 0.15) is 0 Å². The van der Waals surface area contributed by atoms with E-state index in [9.17, 15) is 0 Å². The minimum atomic E-state index is 0. The predicted molar refractivity (Wildman–Crippen MR) is 185 cm³/mol. The Bertz CT molecular complexity index is 2040. The Hall–Kier alpha value is -4.44. The van der Waals surface area contributed by atoms with Gasteiger partial charge < -0.3 is 14.4 Å². The van der Waals surface area contributed by atoms with Gasteiger partial charge in [0.15, 0.2) is 0 Å². The van der Waals surface area contributed by atoms with Gasteiger partial charge in [0.25, 0.3) is 0 Å². The van der Waals surface area contributed by atoms with Gasteiger partial charge in [-0.15, -0.1) is 54.1 Å². The van der Waals surface area contributed by atoms with Crippen LogP contribution in [0.2, 0.25) is 0 Å². The molecule has 0 unspecified atom stereocenters. The molecule has 0 N–H and O–H groups in total. The summed E-state index contributed by atoms with van der Waals surface area (Å²) < 4.78 is 6.35. The van der Waals surface area contributed by atoms with Crippen LogP contribution in [0.4, 0.5) is 0 Å². The maximum Gasteiger partial charge on any atom is 0.216 e. The van der Waals surface area contributed by atoms with E-state index in [2.05, 4.69) is 95.1 Å². The summed E-state index contributed by atoms with van der Waals surface area (Å²) in [6, 6.07) is 36.9. The molecule has 0 saturated carbocycles. The minimum Gasteiger partial charge on any atom is -0.486 e. The number of pyridine rings is 3. The zero-order valence-corrected chi connectivity index (χ0v) is 29.5. The smallest absolute Gasteiger partial charge is 0.216 e. The molecule has 7 aromatic rings. The number of hydrogen-bond donors (Lipinski definition) is 0. The normalized spacial score (nSPS) is 11.2. The largest absolute Gasteiger partial charge is 0.486 e. The third kappa shape index (κ3) is 7.17. The van der Waals surface area contributed by atoms with E-state index in [-0.39, 0.29) is 25.5 Å².